The van der Waals surface area contributed by atoms with E-state index in [4.69, 9.17) is 4.74 Å². The Morgan fingerprint density at radius 1 is 1.24 bits per heavy atom. The van der Waals surface area contributed by atoms with Gasteiger partial charge in [0.15, 0.2) is 11.4 Å². The quantitative estimate of drug-likeness (QED) is 0.256. The van der Waals surface area contributed by atoms with E-state index in [0.29, 0.717) is 12.8 Å². The SMILES string of the molecule is C=C[C@@]1(C)CC(=O)[C@]2(O)[C@@]3(C)[C@@H](O)CCC(C)(C)[C@@H]3[C@H](O)[C@H](C(=O)NO)[C@@]2(C)O1. The summed E-state index contributed by atoms with van der Waals surface area (Å²) in [5.74, 6) is -3.80. The highest BCUT2D eigenvalue weighted by molar-refractivity contribution is 5.94. The Morgan fingerprint density at radius 3 is 2.34 bits per heavy atom. The highest BCUT2D eigenvalue weighted by Crippen LogP contribution is 2.67. The highest BCUT2D eigenvalue weighted by Gasteiger charge is 2.81. The van der Waals surface area contributed by atoms with Crippen LogP contribution in [0.2, 0.25) is 0 Å². The first-order valence-electron chi connectivity index (χ1n) is 10.1. The third-order valence-corrected chi connectivity index (χ3v) is 8.20. The first-order chi connectivity index (χ1) is 13.2. The molecule has 0 spiro atoms. The van der Waals surface area contributed by atoms with Crippen molar-refractivity contribution in [3.05, 3.63) is 12.7 Å². The van der Waals surface area contributed by atoms with Gasteiger partial charge in [0.05, 0.1) is 23.7 Å². The number of Topliss-reactive ketones (excluding diaryl/α,β-unsaturated/α-hetero) is 1. The Labute approximate surface area is 170 Å². The molecule has 0 unspecified atom stereocenters. The minimum absolute atomic E-state index is 0.193. The van der Waals surface area contributed by atoms with Crippen LogP contribution in [-0.2, 0) is 14.3 Å². The van der Waals surface area contributed by atoms with E-state index in [1.807, 2.05) is 13.8 Å². The van der Waals surface area contributed by atoms with Crippen LogP contribution in [0.1, 0.15) is 53.9 Å². The Hall–Kier alpha value is -1.32. The van der Waals surface area contributed by atoms with Crippen LogP contribution in [-0.4, -0.2) is 61.2 Å². The molecule has 5 N–H and O–H groups in total. The molecule has 8 heteroatoms. The van der Waals surface area contributed by atoms with E-state index in [9.17, 15) is 30.1 Å². The van der Waals surface area contributed by atoms with Gasteiger partial charge in [-0.15, -0.1) is 6.58 Å². The molecule has 3 fully saturated rings. The van der Waals surface area contributed by atoms with E-state index < -0.39 is 63.4 Å². The Balaban J connectivity index is 2.36. The van der Waals surface area contributed by atoms with Crippen LogP contribution in [0.4, 0.5) is 0 Å². The lowest BCUT2D eigenvalue weighted by Gasteiger charge is -2.71. The van der Waals surface area contributed by atoms with Crippen LogP contribution in [0.25, 0.3) is 0 Å². The summed E-state index contributed by atoms with van der Waals surface area (Å²) in [5.41, 5.74) is -5.91. The summed E-state index contributed by atoms with van der Waals surface area (Å²) in [6.45, 7) is 12.1. The molecule has 3 rings (SSSR count). The third-order valence-electron chi connectivity index (χ3n) is 8.20. The normalized spacial score (nSPS) is 51.6. The van der Waals surface area contributed by atoms with Crippen molar-refractivity contribution in [3.8, 4) is 0 Å². The zero-order valence-corrected chi connectivity index (χ0v) is 17.7. The van der Waals surface area contributed by atoms with Crippen LogP contribution in [0.5, 0.6) is 0 Å². The number of hydroxylamine groups is 1. The zero-order valence-electron chi connectivity index (χ0n) is 17.7. The summed E-state index contributed by atoms with van der Waals surface area (Å²) in [7, 11) is 0. The minimum atomic E-state index is -2.28. The van der Waals surface area contributed by atoms with Crippen LogP contribution in [0.3, 0.4) is 0 Å². The van der Waals surface area contributed by atoms with Gasteiger partial charge in [-0.05, 0) is 32.1 Å². The van der Waals surface area contributed by atoms with Crippen molar-refractivity contribution in [3.63, 3.8) is 0 Å². The Kier molecular flexibility index (Phi) is 4.89. The van der Waals surface area contributed by atoms with Gasteiger partial charge in [-0.3, -0.25) is 14.8 Å². The number of rotatable bonds is 2. The van der Waals surface area contributed by atoms with E-state index in [0.717, 1.165) is 0 Å². The molecule has 1 heterocycles. The van der Waals surface area contributed by atoms with E-state index in [1.165, 1.54) is 13.0 Å². The maximum Gasteiger partial charge on any atom is 0.252 e. The van der Waals surface area contributed by atoms with E-state index >= 15 is 0 Å². The summed E-state index contributed by atoms with van der Waals surface area (Å²) >= 11 is 0. The molecular weight excluding hydrogens is 378 g/mol. The summed E-state index contributed by atoms with van der Waals surface area (Å²) in [6.07, 6.45) is -0.396. The van der Waals surface area contributed by atoms with Gasteiger partial charge in [-0.25, -0.2) is 5.48 Å². The summed E-state index contributed by atoms with van der Waals surface area (Å²) < 4.78 is 6.19. The molecule has 8 nitrogen and oxygen atoms in total. The van der Waals surface area contributed by atoms with Gasteiger partial charge in [0.1, 0.15) is 5.60 Å². The second kappa shape index (κ2) is 6.34. The number of aliphatic hydroxyl groups is 3. The van der Waals surface area contributed by atoms with Gasteiger partial charge in [0.25, 0.3) is 5.91 Å². The number of fused-ring (bicyclic) bond motifs is 3. The summed E-state index contributed by atoms with van der Waals surface area (Å²) in [4.78, 5) is 26.3. The molecule has 0 aromatic carbocycles. The predicted octanol–water partition coefficient (Wildman–Crippen LogP) is 0.710. The highest BCUT2D eigenvalue weighted by atomic mass is 16.5. The van der Waals surface area contributed by atoms with Crippen LogP contribution in [0.15, 0.2) is 12.7 Å². The van der Waals surface area contributed by atoms with Crippen molar-refractivity contribution >= 4 is 11.7 Å². The van der Waals surface area contributed by atoms with Crippen molar-refractivity contribution in [2.45, 2.75) is 82.9 Å². The molecule has 0 aromatic heterocycles. The van der Waals surface area contributed by atoms with E-state index in [-0.39, 0.29) is 6.42 Å². The molecule has 2 saturated carbocycles. The number of hydrogen-bond acceptors (Lipinski definition) is 7. The molecule has 0 aromatic rings. The largest absolute Gasteiger partial charge is 0.392 e. The average Bonchev–Trinajstić information content (AvgIpc) is 2.61. The smallest absolute Gasteiger partial charge is 0.252 e. The first kappa shape index (κ1) is 22.4. The number of carbonyl (C=O) groups excluding carboxylic acids is 2. The van der Waals surface area contributed by atoms with Crippen LogP contribution in [0, 0.1) is 22.7 Å². The maximum absolute atomic E-state index is 13.5. The Morgan fingerprint density at radius 2 is 1.83 bits per heavy atom. The van der Waals surface area contributed by atoms with Crippen molar-refractivity contribution in [2.75, 3.05) is 0 Å². The zero-order chi connectivity index (χ0) is 22.2. The molecule has 3 aliphatic rings. The monoisotopic (exact) mass is 411 g/mol. The second-order valence-electron chi connectivity index (χ2n) is 10.3. The number of aliphatic hydroxyl groups excluding tert-OH is 2. The summed E-state index contributed by atoms with van der Waals surface area (Å²) in [5, 5.41) is 44.0. The van der Waals surface area contributed by atoms with E-state index in [1.54, 1.807) is 19.3 Å². The van der Waals surface area contributed by atoms with Crippen LogP contribution < -0.4 is 5.48 Å². The molecule has 0 radical (unpaired) electrons. The number of amides is 1. The van der Waals surface area contributed by atoms with Crippen molar-refractivity contribution in [1.29, 1.82) is 0 Å². The minimum Gasteiger partial charge on any atom is -0.392 e. The lowest BCUT2D eigenvalue weighted by molar-refractivity contribution is -0.356. The molecule has 0 bridgehead atoms. The molecule has 1 amide bonds. The fraction of sp³-hybridized carbons (Fsp3) is 0.810. The first-order valence-corrected chi connectivity index (χ1v) is 10.1. The van der Waals surface area contributed by atoms with Crippen molar-refractivity contribution in [2.24, 2.45) is 22.7 Å². The number of ether oxygens (including phenoxy) is 1. The van der Waals surface area contributed by atoms with Gasteiger partial charge < -0.3 is 20.1 Å². The molecule has 2 aliphatic carbocycles. The molecule has 1 saturated heterocycles. The number of nitrogens with one attached hydrogen (secondary N) is 1. The topological polar surface area (TPSA) is 136 Å². The lowest BCUT2D eigenvalue weighted by Crippen LogP contribution is -2.86. The molecular formula is C21H33NO7. The fourth-order valence-corrected chi connectivity index (χ4v) is 6.81. The van der Waals surface area contributed by atoms with Gasteiger partial charge in [-0.2, -0.15) is 0 Å². The number of carbonyl (C=O) groups is 2. The third kappa shape index (κ3) is 2.50. The predicted molar refractivity (Wildman–Crippen MR) is 103 cm³/mol. The maximum atomic E-state index is 13.5. The molecule has 1 aliphatic heterocycles. The van der Waals surface area contributed by atoms with Gasteiger partial charge in [-0.1, -0.05) is 26.8 Å². The van der Waals surface area contributed by atoms with Crippen molar-refractivity contribution in [1.82, 2.24) is 5.48 Å². The molecule has 164 valence electrons. The number of ketones is 1. The summed E-state index contributed by atoms with van der Waals surface area (Å²) in [6, 6.07) is 0. The van der Waals surface area contributed by atoms with E-state index in [2.05, 4.69) is 6.58 Å². The average molecular weight is 411 g/mol. The molecule has 29 heavy (non-hydrogen) atoms. The van der Waals surface area contributed by atoms with Crippen LogP contribution >= 0.6 is 0 Å². The standard InChI is InChI=1S/C21H33NO7/c1-7-18(4)10-12(24)21(27)19(5)11(23)8-9-17(2,3)15(19)14(25)13(16(26)22-28)20(21,6)29-18/h7,11,13-15,23,25,27-28H,1,8-10H2,2-6H3,(H,22,26)/t11-,13+,14+,15-,18-,19-,20+,21-/m0/s1. The van der Waals surface area contributed by atoms with Crippen molar-refractivity contribution < 1.29 is 34.9 Å². The second-order valence-corrected chi connectivity index (χ2v) is 10.3. The fourth-order valence-electron chi connectivity index (χ4n) is 6.81. The number of hydrogen-bond donors (Lipinski definition) is 5. The lowest BCUT2D eigenvalue weighted by atomic mass is 9.38. The van der Waals surface area contributed by atoms with Gasteiger partial charge >= 0.3 is 0 Å². The Bertz CT molecular complexity index is 753. The molecule has 8 atom stereocenters. The van der Waals surface area contributed by atoms with Gasteiger partial charge in [0.2, 0.25) is 0 Å². The van der Waals surface area contributed by atoms with Gasteiger partial charge in [0, 0.05) is 17.8 Å².